The summed E-state index contributed by atoms with van der Waals surface area (Å²) in [6.07, 6.45) is 5.72. The third kappa shape index (κ3) is 2.19. The predicted molar refractivity (Wildman–Crippen MR) is 84.6 cm³/mol. The van der Waals surface area contributed by atoms with E-state index in [9.17, 15) is 0 Å². The van der Waals surface area contributed by atoms with Crippen molar-refractivity contribution in [2.75, 3.05) is 11.9 Å². The SMILES string of the molecule is Cc1cc2c(NCC3CC4CCC3C4)nc(Cl)nc2s1. The molecule has 2 aromatic rings. The van der Waals surface area contributed by atoms with Gasteiger partial charge < -0.3 is 5.32 Å². The van der Waals surface area contributed by atoms with Gasteiger partial charge in [-0.25, -0.2) is 9.97 Å². The van der Waals surface area contributed by atoms with E-state index in [2.05, 4.69) is 28.3 Å². The van der Waals surface area contributed by atoms with E-state index >= 15 is 0 Å². The largest absolute Gasteiger partial charge is 0.369 e. The maximum atomic E-state index is 6.04. The van der Waals surface area contributed by atoms with Gasteiger partial charge in [-0.1, -0.05) is 6.42 Å². The number of nitrogens with zero attached hydrogens (tertiary/aromatic N) is 2. The van der Waals surface area contributed by atoms with Crippen LogP contribution in [0.5, 0.6) is 0 Å². The molecule has 2 aromatic heterocycles. The minimum atomic E-state index is 0.342. The highest BCUT2D eigenvalue weighted by molar-refractivity contribution is 7.18. The molecule has 0 aliphatic heterocycles. The fraction of sp³-hybridized carbons (Fsp3) is 0.600. The normalized spacial score (nSPS) is 28.4. The average molecular weight is 308 g/mol. The number of aryl methyl sites for hydroxylation is 1. The summed E-state index contributed by atoms with van der Waals surface area (Å²) in [5.74, 6) is 3.65. The van der Waals surface area contributed by atoms with E-state index in [1.165, 1.54) is 30.6 Å². The summed E-state index contributed by atoms with van der Waals surface area (Å²) in [6.45, 7) is 3.12. The van der Waals surface area contributed by atoms with Crippen molar-refractivity contribution in [1.29, 1.82) is 0 Å². The summed E-state index contributed by atoms with van der Waals surface area (Å²) in [4.78, 5) is 10.9. The molecule has 1 N–H and O–H groups in total. The Kier molecular flexibility index (Phi) is 3.11. The van der Waals surface area contributed by atoms with E-state index in [0.29, 0.717) is 5.28 Å². The first-order valence-electron chi connectivity index (χ1n) is 7.36. The van der Waals surface area contributed by atoms with Crippen LogP contribution >= 0.6 is 22.9 Å². The molecule has 0 spiro atoms. The lowest BCUT2D eigenvalue weighted by molar-refractivity contribution is 0.348. The molecule has 3 unspecified atom stereocenters. The van der Waals surface area contributed by atoms with Crippen molar-refractivity contribution >= 4 is 39.0 Å². The van der Waals surface area contributed by atoms with Gasteiger partial charge in [-0.2, -0.15) is 0 Å². The Hall–Kier alpha value is -0.870. The molecule has 3 nitrogen and oxygen atoms in total. The van der Waals surface area contributed by atoms with Gasteiger partial charge in [0, 0.05) is 11.4 Å². The smallest absolute Gasteiger partial charge is 0.225 e. The molecule has 0 amide bonds. The zero-order valence-corrected chi connectivity index (χ0v) is 13.1. The Bertz CT molecular complexity index is 654. The molecule has 0 aromatic carbocycles. The van der Waals surface area contributed by atoms with Crippen LogP contribution in [0.25, 0.3) is 10.2 Å². The quantitative estimate of drug-likeness (QED) is 0.848. The van der Waals surface area contributed by atoms with Gasteiger partial charge in [0.05, 0.1) is 5.39 Å². The van der Waals surface area contributed by atoms with E-state index in [1.807, 2.05) is 0 Å². The van der Waals surface area contributed by atoms with Crippen LogP contribution in [-0.2, 0) is 0 Å². The summed E-state index contributed by atoms with van der Waals surface area (Å²) in [6, 6.07) is 2.15. The molecule has 5 heteroatoms. The van der Waals surface area contributed by atoms with Gasteiger partial charge in [0.15, 0.2) is 0 Å². The van der Waals surface area contributed by atoms with E-state index in [4.69, 9.17) is 11.6 Å². The molecular weight excluding hydrogens is 290 g/mol. The minimum absolute atomic E-state index is 0.342. The van der Waals surface area contributed by atoms with E-state index < -0.39 is 0 Å². The molecule has 106 valence electrons. The zero-order valence-electron chi connectivity index (χ0n) is 11.5. The van der Waals surface area contributed by atoms with Crippen LogP contribution < -0.4 is 5.32 Å². The lowest BCUT2D eigenvalue weighted by Crippen LogP contribution is -2.20. The van der Waals surface area contributed by atoms with Gasteiger partial charge in [-0.15, -0.1) is 11.3 Å². The zero-order chi connectivity index (χ0) is 13.7. The number of halogens is 1. The molecule has 0 radical (unpaired) electrons. The van der Waals surface area contributed by atoms with Crippen molar-refractivity contribution in [3.8, 4) is 0 Å². The lowest BCUT2D eigenvalue weighted by atomic mass is 9.89. The molecule has 3 atom stereocenters. The fourth-order valence-corrected chi connectivity index (χ4v) is 5.10. The predicted octanol–water partition coefficient (Wildman–Crippen LogP) is 4.50. The molecule has 2 bridgehead atoms. The van der Waals surface area contributed by atoms with E-state index in [-0.39, 0.29) is 0 Å². The highest BCUT2D eigenvalue weighted by Crippen LogP contribution is 2.48. The summed E-state index contributed by atoms with van der Waals surface area (Å²) < 4.78 is 0. The van der Waals surface area contributed by atoms with Crippen LogP contribution in [0, 0.1) is 24.7 Å². The number of nitrogens with one attached hydrogen (secondary N) is 1. The van der Waals surface area contributed by atoms with Gasteiger partial charge >= 0.3 is 0 Å². The Morgan fingerprint density at radius 3 is 3.00 bits per heavy atom. The molecule has 4 rings (SSSR count). The highest BCUT2D eigenvalue weighted by atomic mass is 35.5. The summed E-state index contributed by atoms with van der Waals surface area (Å²) in [5.41, 5.74) is 0. The summed E-state index contributed by atoms with van der Waals surface area (Å²) in [7, 11) is 0. The maximum absolute atomic E-state index is 6.04. The number of hydrogen-bond acceptors (Lipinski definition) is 4. The molecule has 0 saturated heterocycles. The summed E-state index contributed by atoms with van der Waals surface area (Å²) in [5, 5.41) is 4.99. The number of thiophene rings is 1. The van der Waals surface area contributed by atoms with Crippen LogP contribution in [-0.4, -0.2) is 16.5 Å². The molecule has 2 aliphatic rings. The van der Waals surface area contributed by atoms with Crippen molar-refractivity contribution in [3.05, 3.63) is 16.2 Å². The number of fused-ring (bicyclic) bond motifs is 3. The number of anilines is 1. The van der Waals surface area contributed by atoms with Crippen molar-refractivity contribution in [2.45, 2.75) is 32.6 Å². The standard InChI is InChI=1S/C15H18ClN3S/c1-8-4-12-13(18-15(16)19-14(12)20-8)17-7-11-6-9-2-3-10(11)5-9/h4,9-11H,2-3,5-7H2,1H3,(H,17,18,19). The number of rotatable bonds is 3. The van der Waals surface area contributed by atoms with Crippen LogP contribution in [0.2, 0.25) is 5.28 Å². The van der Waals surface area contributed by atoms with Crippen molar-refractivity contribution in [2.24, 2.45) is 17.8 Å². The number of hydrogen-bond donors (Lipinski definition) is 1. The lowest BCUT2D eigenvalue weighted by Gasteiger charge is -2.22. The Labute approximate surface area is 127 Å². The van der Waals surface area contributed by atoms with Crippen molar-refractivity contribution < 1.29 is 0 Å². The molecule has 20 heavy (non-hydrogen) atoms. The molecular formula is C15H18ClN3S. The second-order valence-electron chi connectivity index (χ2n) is 6.23. The Balaban J connectivity index is 1.56. The van der Waals surface area contributed by atoms with Gasteiger partial charge in [-0.3, -0.25) is 0 Å². The maximum Gasteiger partial charge on any atom is 0.225 e. The monoisotopic (exact) mass is 307 g/mol. The second kappa shape index (κ2) is 4.85. The molecule has 2 fully saturated rings. The average Bonchev–Trinajstić information content (AvgIpc) is 3.09. The van der Waals surface area contributed by atoms with Crippen LogP contribution in [0.3, 0.4) is 0 Å². The molecule has 2 saturated carbocycles. The van der Waals surface area contributed by atoms with E-state index in [0.717, 1.165) is 40.3 Å². The van der Waals surface area contributed by atoms with Crippen LogP contribution in [0.1, 0.15) is 30.6 Å². The first kappa shape index (κ1) is 12.8. The Morgan fingerprint density at radius 1 is 1.35 bits per heavy atom. The Morgan fingerprint density at radius 2 is 2.25 bits per heavy atom. The minimum Gasteiger partial charge on any atom is -0.369 e. The van der Waals surface area contributed by atoms with Crippen LogP contribution in [0.15, 0.2) is 6.07 Å². The third-order valence-electron chi connectivity index (χ3n) is 4.90. The third-order valence-corrected chi connectivity index (χ3v) is 6.02. The topological polar surface area (TPSA) is 37.8 Å². The fourth-order valence-electron chi connectivity index (χ4n) is 4.00. The highest BCUT2D eigenvalue weighted by Gasteiger charge is 2.39. The van der Waals surface area contributed by atoms with Gasteiger partial charge in [0.1, 0.15) is 10.6 Å². The molecule has 2 aliphatic carbocycles. The van der Waals surface area contributed by atoms with Crippen molar-refractivity contribution in [3.63, 3.8) is 0 Å². The van der Waals surface area contributed by atoms with E-state index in [1.54, 1.807) is 11.3 Å². The summed E-state index contributed by atoms with van der Waals surface area (Å²) >= 11 is 7.71. The van der Waals surface area contributed by atoms with Crippen LogP contribution in [0.4, 0.5) is 5.82 Å². The van der Waals surface area contributed by atoms with Gasteiger partial charge in [0.2, 0.25) is 5.28 Å². The molecule has 2 heterocycles. The van der Waals surface area contributed by atoms with Crippen molar-refractivity contribution in [1.82, 2.24) is 9.97 Å². The number of aromatic nitrogens is 2. The van der Waals surface area contributed by atoms with Gasteiger partial charge in [-0.05, 0) is 61.6 Å². The van der Waals surface area contributed by atoms with Gasteiger partial charge in [0.25, 0.3) is 0 Å². The second-order valence-corrected chi connectivity index (χ2v) is 7.81. The first-order valence-corrected chi connectivity index (χ1v) is 8.56. The first-order chi connectivity index (χ1) is 9.69.